The smallest absolute Gasteiger partial charge is 0.341 e. The van der Waals surface area contributed by atoms with Crippen LogP contribution in [0.4, 0.5) is 5.69 Å². The highest BCUT2D eigenvalue weighted by Crippen LogP contribution is 2.40. The van der Waals surface area contributed by atoms with Gasteiger partial charge in [-0.05, 0) is 44.4 Å². The second-order valence-corrected chi connectivity index (χ2v) is 8.91. The van der Waals surface area contributed by atoms with Gasteiger partial charge in [0.25, 0.3) is 5.69 Å². The Bertz CT molecular complexity index is 1280. The van der Waals surface area contributed by atoms with Gasteiger partial charge in [-0.1, -0.05) is 13.0 Å². The van der Waals surface area contributed by atoms with Gasteiger partial charge in [0.1, 0.15) is 5.56 Å². The lowest BCUT2D eigenvalue weighted by atomic mass is 9.94. The lowest BCUT2D eigenvalue weighted by Crippen LogP contribution is -2.29. The van der Waals surface area contributed by atoms with Gasteiger partial charge in [0.05, 0.1) is 48.7 Å². The molecule has 3 aromatic rings. The Balaban J connectivity index is 1.92. The first kappa shape index (κ1) is 25.3. The average Bonchev–Trinajstić information content (AvgIpc) is 3.28. The van der Waals surface area contributed by atoms with E-state index in [9.17, 15) is 14.9 Å². The summed E-state index contributed by atoms with van der Waals surface area (Å²) in [5, 5.41) is 16.8. The van der Waals surface area contributed by atoms with Gasteiger partial charge in [-0.2, -0.15) is 5.10 Å². The van der Waals surface area contributed by atoms with E-state index >= 15 is 0 Å². The summed E-state index contributed by atoms with van der Waals surface area (Å²) >= 11 is 0. The Morgan fingerprint density at radius 1 is 1.31 bits per heavy atom. The topological polar surface area (TPSA) is 119 Å². The molecule has 0 spiro atoms. The number of methoxy groups -OCH3 is 1. The van der Waals surface area contributed by atoms with Crippen molar-refractivity contribution in [2.75, 3.05) is 26.9 Å². The maximum atomic E-state index is 12.8. The van der Waals surface area contributed by atoms with E-state index in [0.717, 1.165) is 11.1 Å². The Labute approximate surface area is 209 Å². The summed E-state index contributed by atoms with van der Waals surface area (Å²) in [5.41, 5.74) is 3.78. The van der Waals surface area contributed by atoms with Crippen molar-refractivity contribution in [1.29, 1.82) is 0 Å². The largest absolute Gasteiger partial charge is 0.481 e. The SMILES string of the molecule is CCOC(=O)c1cnn(C2CCOCC2C)c1-c1ccc(-c2c(C)cc(OC)nc2C)cc1[N+](=O)[O-]. The van der Waals surface area contributed by atoms with Crippen LogP contribution in [0.15, 0.2) is 30.5 Å². The average molecular weight is 495 g/mol. The summed E-state index contributed by atoms with van der Waals surface area (Å²) in [6.07, 6.45) is 2.12. The van der Waals surface area contributed by atoms with Gasteiger partial charge >= 0.3 is 5.97 Å². The van der Waals surface area contributed by atoms with E-state index in [1.165, 1.54) is 12.3 Å². The number of nitro benzene ring substituents is 1. The summed E-state index contributed by atoms with van der Waals surface area (Å²) < 4.78 is 17.8. The summed E-state index contributed by atoms with van der Waals surface area (Å²) in [5.74, 6) is 0.0257. The molecule has 1 aromatic carbocycles. The second-order valence-electron chi connectivity index (χ2n) is 8.91. The molecule has 0 saturated carbocycles. The fourth-order valence-corrected chi connectivity index (χ4v) is 4.85. The predicted octanol–water partition coefficient (Wildman–Crippen LogP) is 4.92. The fourth-order valence-electron chi connectivity index (χ4n) is 4.85. The number of nitro groups is 1. The van der Waals surface area contributed by atoms with E-state index in [-0.39, 0.29) is 29.8 Å². The Morgan fingerprint density at radius 3 is 2.72 bits per heavy atom. The number of aryl methyl sites for hydroxylation is 2. The van der Waals surface area contributed by atoms with E-state index in [1.807, 2.05) is 26.8 Å². The fraction of sp³-hybridized carbons (Fsp3) is 0.423. The monoisotopic (exact) mass is 494 g/mol. The number of carbonyl (C=O) groups is 1. The zero-order chi connectivity index (χ0) is 26.0. The Kier molecular flexibility index (Phi) is 7.35. The molecule has 10 heteroatoms. The second kappa shape index (κ2) is 10.4. The number of aromatic nitrogens is 3. The molecular formula is C26H30N4O6. The molecule has 1 fully saturated rings. The van der Waals surface area contributed by atoms with Crippen molar-refractivity contribution in [3.63, 3.8) is 0 Å². The molecule has 0 aliphatic carbocycles. The van der Waals surface area contributed by atoms with Gasteiger partial charge < -0.3 is 14.2 Å². The first-order valence-electron chi connectivity index (χ1n) is 11.9. The molecule has 0 amide bonds. The first-order chi connectivity index (χ1) is 17.3. The van der Waals surface area contributed by atoms with Crippen LogP contribution in [0.2, 0.25) is 0 Å². The zero-order valence-electron chi connectivity index (χ0n) is 21.1. The van der Waals surface area contributed by atoms with Crippen molar-refractivity contribution in [2.45, 2.75) is 40.2 Å². The van der Waals surface area contributed by atoms with Crippen LogP contribution in [-0.4, -0.2) is 52.6 Å². The summed E-state index contributed by atoms with van der Waals surface area (Å²) in [4.78, 5) is 29.2. The molecule has 10 nitrogen and oxygen atoms in total. The normalized spacial score (nSPS) is 17.6. The third-order valence-electron chi connectivity index (χ3n) is 6.52. The van der Waals surface area contributed by atoms with Gasteiger partial charge in [0, 0.05) is 35.9 Å². The van der Waals surface area contributed by atoms with Crippen LogP contribution >= 0.6 is 0 Å². The van der Waals surface area contributed by atoms with Crippen LogP contribution in [0.5, 0.6) is 5.88 Å². The highest BCUT2D eigenvalue weighted by atomic mass is 16.6. The lowest BCUT2D eigenvalue weighted by molar-refractivity contribution is -0.384. The molecule has 0 radical (unpaired) electrons. The zero-order valence-corrected chi connectivity index (χ0v) is 21.1. The molecule has 4 rings (SSSR count). The lowest BCUT2D eigenvalue weighted by Gasteiger charge is -2.30. The minimum absolute atomic E-state index is 0.0773. The van der Waals surface area contributed by atoms with Crippen molar-refractivity contribution in [2.24, 2.45) is 5.92 Å². The molecule has 3 heterocycles. The minimum Gasteiger partial charge on any atom is -0.481 e. The van der Waals surface area contributed by atoms with Crippen LogP contribution in [0.1, 0.15) is 47.9 Å². The van der Waals surface area contributed by atoms with Crippen molar-refractivity contribution in [3.05, 3.63) is 57.4 Å². The molecule has 1 aliphatic heterocycles. The van der Waals surface area contributed by atoms with Gasteiger partial charge in [0.2, 0.25) is 5.88 Å². The van der Waals surface area contributed by atoms with E-state index in [2.05, 4.69) is 10.1 Å². The maximum absolute atomic E-state index is 12.8. The number of esters is 1. The Morgan fingerprint density at radius 2 is 2.08 bits per heavy atom. The van der Waals surface area contributed by atoms with Gasteiger partial charge in [-0.3, -0.25) is 14.8 Å². The summed E-state index contributed by atoms with van der Waals surface area (Å²) in [7, 11) is 1.55. The van der Waals surface area contributed by atoms with E-state index in [0.29, 0.717) is 48.0 Å². The quantitative estimate of drug-likeness (QED) is 0.258. The number of carbonyl (C=O) groups excluding carboxylic acids is 1. The number of hydrogen-bond acceptors (Lipinski definition) is 8. The van der Waals surface area contributed by atoms with Crippen molar-refractivity contribution < 1.29 is 23.9 Å². The molecule has 0 bridgehead atoms. The molecule has 1 saturated heterocycles. The number of pyridine rings is 1. The highest BCUT2D eigenvalue weighted by molar-refractivity contribution is 5.98. The van der Waals surface area contributed by atoms with E-state index < -0.39 is 10.9 Å². The number of benzene rings is 1. The molecule has 0 N–H and O–H groups in total. The molecule has 36 heavy (non-hydrogen) atoms. The highest BCUT2D eigenvalue weighted by Gasteiger charge is 2.32. The molecule has 2 unspecified atom stereocenters. The molecule has 1 aliphatic rings. The molecule has 190 valence electrons. The minimum atomic E-state index is -0.567. The summed E-state index contributed by atoms with van der Waals surface area (Å²) in [6, 6.07) is 6.73. The number of nitrogens with zero attached hydrogens (tertiary/aromatic N) is 4. The first-order valence-corrected chi connectivity index (χ1v) is 11.9. The van der Waals surface area contributed by atoms with Crippen LogP contribution in [0.25, 0.3) is 22.4 Å². The van der Waals surface area contributed by atoms with E-state index in [4.69, 9.17) is 14.2 Å². The third kappa shape index (κ3) is 4.68. The van der Waals surface area contributed by atoms with Crippen molar-refractivity contribution in [3.8, 4) is 28.3 Å². The number of ether oxygens (including phenoxy) is 3. The molecular weight excluding hydrogens is 464 g/mol. The molecule has 2 atom stereocenters. The van der Waals surface area contributed by atoms with E-state index in [1.54, 1.807) is 30.8 Å². The Hall–Kier alpha value is -3.79. The number of hydrogen-bond donors (Lipinski definition) is 0. The van der Waals surface area contributed by atoms with Gasteiger partial charge in [-0.25, -0.2) is 9.78 Å². The maximum Gasteiger partial charge on any atom is 0.341 e. The van der Waals surface area contributed by atoms with Gasteiger partial charge in [0.15, 0.2) is 0 Å². The number of rotatable bonds is 7. The van der Waals surface area contributed by atoms with Crippen LogP contribution in [0, 0.1) is 29.9 Å². The summed E-state index contributed by atoms with van der Waals surface area (Å²) in [6.45, 7) is 8.78. The van der Waals surface area contributed by atoms with Crippen molar-refractivity contribution in [1.82, 2.24) is 14.8 Å². The standard InChI is InChI=1S/C26H30N4O6/c1-6-36-26(31)20-13-27-29(21-9-10-35-14-16(21)3)25(20)19-8-7-18(12-22(19)30(32)33)24-15(2)11-23(34-5)28-17(24)4/h7-8,11-13,16,21H,6,9-10,14H2,1-5H3. The van der Waals surface area contributed by atoms with Crippen molar-refractivity contribution >= 4 is 11.7 Å². The predicted molar refractivity (Wildman–Crippen MR) is 133 cm³/mol. The van der Waals surface area contributed by atoms with Crippen LogP contribution < -0.4 is 4.74 Å². The third-order valence-corrected chi connectivity index (χ3v) is 6.52. The van der Waals surface area contributed by atoms with Crippen LogP contribution in [-0.2, 0) is 9.47 Å². The van der Waals surface area contributed by atoms with Crippen LogP contribution in [0.3, 0.4) is 0 Å². The molecule has 2 aromatic heterocycles. The van der Waals surface area contributed by atoms with Gasteiger partial charge in [-0.15, -0.1) is 0 Å².